The number of hydrogen-bond acceptors (Lipinski definition) is 4. The molecule has 8 heteroatoms. The average molecular weight is 428 g/mol. The van der Waals surface area contributed by atoms with Crippen LogP contribution in [0.3, 0.4) is 0 Å². The van der Waals surface area contributed by atoms with Gasteiger partial charge in [0.25, 0.3) is 0 Å². The molecule has 2 heterocycles. The summed E-state index contributed by atoms with van der Waals surface area (Å²) in [5, 5.41) is 3.82. The molecule has 0 atom stereocenters. The standard InChI is InChI=1S/C23H23F3N4O/c24-23(25,26)19-13-28-30(15-19)21-10-8-17(9-11-21)14-29(20-6-2-1-3-7-20)22-18(16-31)5-4-12-27-22/h4-5,8-13,15-16,20H,1-3,6-7,14H2. The summed E-state index contributed by atoms with van der Waals surface area (Å²) in [6.07, 6.45) is 5.49. The van der Waals surface area contributed by atoms with Crippen LogP contribution in [0.4, 0.5) is 19.0 Å². The van der Waals surface area contributed by atoms with E-state index in [9.17, 15) is 18.0 Å². The number of hydrogen-bond donors (Lipinski definition) is 0. The smallest absolute Gasteiger partial charge is 0.349 e. The van der Waals surface area contributed by atoms with Crippen LogP contribution >= 0.6 is 0 Å². The third-order valence-corrected chi connectivity index (χ3v) is 5.70. The summed E-state index contributed by atoms with van der Waals surface area (Å²) in [5.41, 5.74) is 1.31. The maximum Gasteiger partial charge on any atom is 0.419 e. The first kappa shape index (κ1) is 21.1. The molecule has 1 saturated carbocycles. The molecule has 0 radical (unpaired) electrons. The molecule has 0 N–H and O–H groups in total. The molecule has 1 fully saturated rings. The summed E-state index contributed by atoms with van der Waals surface area (Å²) < 4.78 is 39.7. The van der Waals surface area contributed by atoms with E-state index in [-0.39, 0.29) is 0 Å². The van der Waals surface area contributed by atoms with Crippen LogP contribution in [0.1, 0.15) is 53.6 Å². The predicted molar refractivity (Wildman–Crippen MR) is 111 cm³/mol. The lowest BCUT2D eigenvalue weighted by atomic mass is 9.93. The van der Waals surface area contributed by atoms with E-state index in [0.717, 1.165) is 49.9 Å². The third-order valence-electron chi connectivity index (χ3n) is 5.70. The molecule has 0 unspecified atom stereocenters. The van der Waals surface area contributed by atoms with Crippen molar-refractivity contribution in [1.82, 2.24) is 14.8 Å². The van der Waals surface area contributed by atoms with Gasteiger partial charge in [0.05, 0.1) is 23.0 Å². The number of anilines is 1. The molecule has 0 bridgehead atoms. The molecule has 31 heavy (non-hydrogen) atoms. The van der Waals surface area contributed by atoms with Crippen LogP contribution in [0.15, 0.2) is 55.0 Å². The van der Waals surface area contributed by atoms with Crippen molar-refractivity contribution in [1.29, 1.82) is 0 Å². The lowest BCUT2D eigenvalue weighted by Gasteiger charge is -2.36. The Hall–Kier alpha value is -3.16. The molecule has 5 nitrogen and oxygen atoms in total. The Morgan fingerprint density at radius 1 is 1.10 bits per heavy atom. The van der Waals surface area contributed by atoms with E-state index in [2.05, 4.69) is 15.0 Å². The lowest BCUT2D eigenvalue weighted by Crippen LogP contribution is -2.37. The van der Waals surface area contributed by atoms with Crippen molar-refractivity contribution in [2.45, 2.75) is 50.9 Å². The van der Waals surface area contributed by atoms with Crippen molar-refractivity contribution in [2.75, 3.05) is 4.90 Å². The number of aromatic nitrogens is 3. The Morgan fingerprint density at radius 3 is 2.48 bits per heavy atom. The number of alkyl halides is 3. The minimum Gasteiger partial charge on any atom is -0.349 e. The van der Waals surface area contributed by atoms with Gasteiger partial charge in [0.15, 0.2) is 6.29 Å². The highest BCUT2D eigenvalue weighted by molar-refractivity contribution is 5.82. The van der Waals surface area contributed by atoms with Crippen molar-refractivity contribution in [3.8, 4) is 5.69 Å². The minimum atomic E-state index is -4.42. The first-order chi connectivity index (χ1) is 15.0. The third kappa shape index (κ3) is 4.78. The van der Waals surface area contributed by atoms with E-state index in [1.807, 2.05) is 12.1 Å². The minimum absolute atomic E-state index is 0.294. The fourth-order valence-corrected chi connectivity index (χ4v) is 4.07. The molecular weight excluding hydrogens is 405 g/mol. The zero-order valence-electron chi connectivity index (χ0n) is 16.9. The summed E-state index contributed by atoms with van der Waals surface area (Å²) >= 11 is 0. The normalized spacial score (nSPS) is 15.1. The van der Waals surface area contributed by atoms with Gasteiger partial charge in [-0.3, -0.25) is 4.79 Å². The molecule has 0 spiro atoms. The van der Waals surface area contributed by atoms with Crippen LogP contribution in [0.2, 0.25) is 0 Å². The summed E-state index contributed by atoms with van der Waals surface area (Å²) in [4.78, 5) is 18.3. The quantitative estimate of drug-likeness (QED) is 0.491. The molecule has 3 aromatic rings. The summed E-state index contributed by atoms with van der Waals surface area (Å²) in [5.74, 6) is 0.676. The van der Waals surface area contributed by atoms with E-state index >= 15 is 0 Å². The highest BCUT2D eigenvalue weighted by atomic mass is 19.4. The van der Waals surface area contributed by atoms with E-state index in [4.69, 9.17) is 0 Å². The number of rotatable bonds is 6. The van der Waals surface area contributed by atoms with Gasteiger partial charge in [0, 0.05) is 25.0 Å². The maximum atomic E-state index is 12.8. The van der Waals surface area contributed by atoms with Crippen LogP contribution in [0.25, 0.3) is 5.69 Å². The summed E-state index contributed by atoms with van der Waals surface area (Å²) in [7, 11) is 0. The average Bonchev–Trinajstić information content (AvgIpc) is 3.29. The second kappa shape index (κ2) is 8.91. The Balaban J connectivity index is 1.58. The van der Waals surface area contributed by atoms with Crippen LogP contribution in [-0.2, 0) is 12.7 Å². The highest BCUT2D eigenvalue weighted by Gasteiger charge is 2.32. The summed E-state index contributed by atoms with van der Waals surface area (Å²) in [6.45, 7) is 0.565. The van der Waals surface area contributed by atoms with E-state index < -0.39 is 11.7 Å². The topological polar surface area (TPSA) is 51.0 Å². The molecule has 0 aliphatic heterocycles. The van der Waals surface area contributed by atoms with Crippen LogP contribution in [0, 0.1) is 0 Å². The predicted octanol–water partition coefficient (Wildman–Crippen LogP) is 5.44. The first-order valence-corrected chi connectivity index (χ1v) is 10.3. The fraction of sp³-hybridized carbons (Fsp3) is 0.348. The SMILES string of the molecule is O=Cc1cccnc1N(Cc1ccc(-n2cc(C(F)(F)F)cn2)cc1)C1CCCCC1. The maximum absolute atomic E-state index is 12.8. The van der Waals surface area contributed by atoms with Crippen LogP contribution in [0.5, 0.6) is 0 Å². The Bertz CT molecular complexity index is 1020. The monoisotopic (exact) mass is 428 g/mol. The van der Waals surface area contributed by atoms with E-state index in [1.54, 1.807) is 30.5 Å². The number of carbonyl (C=O) groups excluding carboxylic acids is 1. The van der Waals surface area contributed by atoms with Gasteiger partial charge in [-0.2, -0.15) is 18.3 Å². The van der Waals surface area contributed by atoms with Crippen molar-refractivity contribution >= 4 is 12.1 Å². The zero-order valence-corrected chi connectivity index (χ0v) is 16.9. The van der Waals surface area contributed by atoms with Crippen molar-refractivity contribution in [2.24, 2.45) is 0 Å². The van der Waals surface area contributed by atoms with Crippen LogP contribution in [-0.4, -0.2) is 27.1 Å². The molecule has 1 aliphatic rings. The van der Waals surface area contributed by atoms with Gasteiger partial charge in [0.2, 0.25) is 0 Å². The van der Waals surface area contributed by atoms with Crippen molar-refractivity contribution in [3.63, 3.8) is 0 Å². The second-order valence-corrected chi connectivity index (χ2v) is 7.79. The molecule has 4 rings (SSSR count). The van der Waals surface area contributed by atoms with E-state index in [1.165, 1.54) is 11.1 Å². The molecule has 0 saturated heterocycles. The molecule has 162 valence electrons. The molecule has 1 aromatic carbocycles. The number of benzene rings is 1. The van der Waals surface area contributed by atoms with Gasteiger partial charge in [-0.15, -0.1) is 0 Å². The zero-order chi connectivity index (χ0) is 21.8. The lowest BCUT2D eigenvalue weighted by molar-refractivity contribution is -0.137. The summed E-state index contributed by atoms with van der Waals surface area (Å²) in [6, 6.07) is 11.1. The van der Waals surface area contributed by atoms with Crippen molar-refractivity contribution < 1.29 is 18.0 Å². The second-order valence-electron chi connectivity index (χ2n) is 7.79. The number of aldehydes is 1. The van der Waals surface area contributed by atoms with Gasteiger partial charge in [-0.25, -0.2) is 9.67 Å². The Labute approximate surface area is 178 Å². The Kier molecular flexibility index (Phi) is 6.06. The van der Waals surface area contributed by atoms with E-state index in [0.29, 0.717) is 29.7 Å². The van der Waals surface area contributed by atoms with Crippen molar-refractivity contribution in [3.05, 3.63) is 71.7 Å². The number of pyridine rings is 1. The molecule has 2 aromatic heterocycles. The van der Waals surface area contributed by atoms with Gasteiger partial charge >= 0.3 is 6.18 Å². The largest absolute Gasteiger partial charge is 0.419 e. The molecular formula is C23H23F3N4O. The van der Waals surface area contributed by atoms with Gasteiger partial charge in [-0.05, 0) is 42.7 Å². The molecule has 0 amide bonds. The molecule has 1 aliphatic carbocycles. The van der Waals surface area contributed by atoms with Gasteiger partial charge < -0.3 is 4.90 Å². The van der Waals surface area contributed by atoms with Gasteiger partial charge in [0.1, 0.15) is 5.82 Å². The number of halogens is 3. The number of nitrogens with zero attached hydrogens (tertiary/aromatic N) is 4. The fourth-order valence-electron chi connectivity index (χ4n) is 4.07. The highest BCUT2D eigenvalue weighted by Crippen LogP contribution is 2.31. The number of carbonyl (C=O) groups is 1. The Morgan fingerprint density at radius 2 is 1.84 bits per heavy atom. The van der Waals surface area contributed by atoms with Gasteiger partial charge in [-0.1, -0.05) is 31.4 Å². The first-order valence-electron chi connectivity index (χ1n) is 10.3. The van der Waals surface area contributed by atoms with Crippen LogP contribution < -0.4 is 4.90 Å².